The fourth-order valence-electron chi connectivity index (χ4n) is 2.46. The third-order valence-electron chi connectivity index (χ3n) is 4.48. The van der Waals surface area contributed by atoms with Gasteiger partial charge in [-0.2, -0.15) is 9.78 Å². The van der Waals surface area contributed by atoms with E-state index >= 15 is 0 Å². The van der Waals surface area contributed by atoms with E-state index in [1.165, 1.54) is 19.2 Å². The van der Waals surface area contributed by atoms with Crippen molar-refractivity contribution < 1.29 is 22.5 Å². The van der Waals surface area contributed by atoms with Gasteiger partial charge in [0.2, 0.25) is 0 Å². The Labute approximate surface area is 131 Å². The zero-order chi connectivity index (χ0) is 17.2. The second-order valence-electron chi connectivity index (χ2n) is 6.69. The van der Waals surface area contributed by atoms with Crippen molar-refractivity contribution in [3.63, 3.8) is 0 Å². The second-order valence-corrected chi connectivity index (χ2v) is 6.69. The molecular weight excluding hydrogens is 310 g/mol. The fraction of sp³-hybridized carbons (Fsp3) is 0.571. The number of hydrogen-bond donors (Lipinski definition) is 0. The predicted molar refractivity (Wildman–Crippen MR) is 79.3 cm³/mol. The number of nitrogens with zero attached hydrogens (tertiary/aromatic N) is 3. The minimum Gasteiger partial charge on any atom is -0.399 e. The van der Waals surface area contributed by atoms with Crippen LogP contribution in [0.4, 0.5) is 13.2 Å². The molecule has 5 nitrogen and oxygen atoms in total. The molecule has 124 valence electrons. The van der Waals surface area contributed by atoms with E-state index in [4.69, 9.17) is 9.31 Å². The largest absolute Gasteiger partial charge is 0.505 e. The van der Waals surface area contributed by atoms with Crippen LogP contribution in [-0.4, -0.2) is 33.1 Å². The Morgan fingerprint density at radius 3 is 2.22 bits per heavy atom. The van der Waals surface area contributed by atoms with Gasteiger partial charge in [-0.15, -0.1) is 13.2 Å². The van der Waals surface area contributed by atoms with Crippen molar-refractivity contribution in [2.24, 2.45) is 0 Å². The topological polar surface area (TPSA) is 49.2 Å². The lowest BCUT2D eigenvalue weighted by Crippen LogP contribution is -2.41. The molecule has 0 unspecified atom stereocenters. The Hall–Kier alpha value is -1.61. The van der Waals surface area contributed by atoms with Crippen LogP contribution in [0.15, 0.2) is 12.3 Å². The van der Waals surface area contributed by atoms with Crippen LogP contribution in [-0.2, 0) is 15.6 Å². The summed E-state index contributed by atoms with van der Waals surface area (Å²) in [5, 5.41) is 3.53. The van der Waals surface area contributed by atoms with Gasteiger partial charge in [0.05, 0.1) is 22.4 Å². The number of fused-ring (bicyclic) bond motifs is 1. The molecule has 0 aliphatic carbocycles. The lowest BCUT2D eigenvalue weighted by Gasteiger charge is -2.32. The van der Waals surface area contributed by atoms with Crippen LogP contribution in [0.2, 0.25) is 0 Å². The van der Waals surface area contributed by atoms with Crippen molar-refractivity contribution >= 4 is 23.6 Å². The van der Waals surface area contributed by atoms with Crippen molar-refractivity contribution in [3.8, 4) is 0 Å². The van der Waals surface area contributed by atoms with Crippen LogP contribution in [0.1, 0.15) is 33.4 Å². The molecule has 23 heavy (non-hydrogen) atoms. The molecule has 0 radical (unpaired) electrons. The van der Waals surface area contributed by atoms with Crippen LogP contribution in [0.25, 0.3) is 11.0 Å². The van der Waals surface area contributed by atoms with Gasteiger partial charge in [-0.25, -0.2) is 0 Å². The third-order valence-corrected chi connectivity index (χ3v) is 4.48. The highest BCUT2D eigenvalue weighted by atomic mass is 19.4. The van der Waals surface area contributed by atoms with Gasteiger partial charge in [-0.3, -0.25) is 4.98 Å². The molecule has 0 saturated carbocycles. The zero-order valence-electron chi connectivity index (χ0n) is 13.5. The smallest absolute Gasteiger partial charge is 0.399 e. The van der Waals surface area contributed by atoms with Crippen LogP contribution in [0, 0.1) is 6.92 Å². The quantitative estimate of drug-likeness (QED) is 0.755. The number of hydrogen-bond acceptors (Lipinski definition) is 4. The summed E-state index contributed by atoms with van der Waals surface area (Å²) in [4.78, 5) is 4.11. The van der Waals surface area contributed by atoms with E-state index in [9.17, 15) is 13.2 Å². The number of halogens is 3. The number of pyridine rings is 1. The highest BCUT2D eigenvalue weighted by Crippen LogP contribution is 2.36. The van der Waals surface area contributed by atoms with Crippen LogP contribution >= 0.6 is 0 Å². The van der Waals surface area contributed by atoms with E-state index in [1.807, 2.05) is 27.7 Å². The molecule has 1 aliphatic rings. The molecule has 3 rings (SSSR count). The van der Waals surface area contributed by atoms with Crippen molar-refractivity contribution in [2.45, 2.75) is 52.1 Å². The molecule has 1 fully saturated rings. The summed E-state index contributed by atoms with van der Waals surface area (Å²) in [6.45, 7) is 9.00. The van der Waals surface area contributed by atoms with Crippen molar-refractivity contribution in [2.75, 3.05) is 0 Å². The number of alkyl halides is 3. The fourth-order valence-corrected chi connectivity index (χ4v) is 2.46. The average molecular weight is 327 g/mol. The first-order chi connectivity index (χ1) is 10.4. The van der Waals surface area contributed by atoms with Crippen molar-refractivity contribution in [3.05, 3.63) is 18.0 Å². The highest BCUT2D eigenvalue weighted by molar-refractivity contribution is 6.62. The number of aryl methyl sites for hydroxylation is 1. The summed E-state index contributed by atoms with van der Waals surface area (Å²) in [6.07, 6.45) is -3.14. The molecule has 0 atom stereocenters. The minimum absolute atomic E-state index is 0.0272. The van der Waals surface area contributed by atoms with E-state index < -0.39 is 24.6 Å². The summed E-state index contributed by atoms with van der Waals surface area (Å²) < 4.78 is 51.0. The van der Waals surface area contributed by atoms with Crippen LogP contribution in [0.3, 0.4) is 0 Å². The van der Waals surface area contributed by atoms with Crippen LogP contribution < -0.4 is 5.46 Å². The Morgan fingerprint density at radius 2 is 1.70 bits per heavy atom. The molecular formula is C14H17BF3N3O2. The molecule has 3 heterocycles. The molecule has 0 N–H and O–H groups in total. The maximum Gasteiger partial charge on any atom is 0.505 e. The van der Waals surface area contributed by atoms with Gasteiger partial charge in [0.25, 0.3) is 0 Å². The maximum absolute atomic E-state index is 13.1. The summed E-state index contributed by atoms with van der Waals surface area (Å²) >= 11 is 0. The Morgan fingerprint density at radius 1 is 1.13 bits per heavy atom. The molecule has 0 spiro atoms. The first-order valence-electron chi connectivity index (χ1n) is 7.20. The summed E-state index contributed by atoms with van der Waals surface area (Å²) in [5.41, 5.74) is -0.399. The lowest BCUT2D eigenvalue weighted by molar-refractivity contribution is -0.209. The standard InChI is InChI=1S/C14H17BF3N3O2/c1-8-11-10(21(20-8)14(16,17)18)6-9(7-19-11)15-22-12(2,3)13(4,5)23-15/h6-7H,1-5H3. The number of aromatic nitrogens is 3. The monoisotopic (exact) mass is 327 g/mol. The summed E-state index contributed by atoms with van der Waals surface area (Å²) in [6, 6.07) is 1.37. The third kappa shape index (κ3) is 2.51. The Kier molecular flexibility index (Phi) is 3.32. The minimum atomic E-state index is -4.61. The van der Waals surface area contributed by atoms with E-state index in [2.05, 4.69) is 10.1 Å². The van der Waals surface area contributed by atoms with E-state index in [1.54, 1.807) is 0 Å². The first kappa shape index (κ1) is 16.3. The van der Waals surface area contributed by atoms with E-state index in [0.29, 0.717) is 5.46 Å². The molecule has 0 amide bonds. The molecule has 2 aromatic rings. The predicted octanol–water partition coefficient (Wildman–Crippen LogP) is 2.52. The van der Waals surface area contributed by atoms with Crippen molar-refractivity contribution in [1.82, 2.24) is 14.8 Å². The average Bonchev–Trinajstić information content (AvgIpc) is 2.84. The molecule has 9 heteroatoms. The number of rotatable bonds is 1. The molecule has 0 aromatic carbocycles. The molecule has 1 aliphatic heterocycles. The molecule has 1 saturated heterocycles. The highest BCUT2D eigenvalue weighted by Gasteiger charge is 2.52. The van der Waals surface area contributed by atoms with Crippen molar-refractivity contribution in [1.29, 1.82) is 0 Å². The summed E-state index contributed by atoms with van der Waals surface area (Å²) in [7, 11) is -0.770. The molecule has 0 bridgehead atoms. The van der Waals surface area contributed by atoms with Gasteiger partial charge in [0.15, 0.2) is 0 Å². The van der Waals surface area contributed by atoms with E-state index in [0.717, 1.165) is 0 Å². The SMILES string of the molecule is Cc1nn(C(F)(F)F)c2cc(B3OC(C)(C)C(C)(C)O3)cnc12. The van der Waals surface area contributed by atoms with Gasteiger partial charge in [-0.1, -0.05) is 0 Å². The van der Waals surface area contributed by atoms with Crippen LogP contribution in [0.5, 0.6) is 0 Å². The van der Waals surface area contributed by atoms with Gasteiger partial charge >= 0.3 is 13.4 Å². The molecule has 2 aromatic heterocycles. The zero-order valence-corrected chi connectivity index (χ0v) is 13.5. The first-order valence-corrected chi connectivity index (χ1v) is 7.20. The lowest BCUT2D eigenvalue weighted by atomic mass is 9.80. The Bertz CT molecular complexity index is 754. The van der Waals surface area contributed by atoms with E-state index in [-0.39, 0.29) is 21.4 Å². The van der Waals surface area contributed by atoms with Gasteiger partial charge in [-0.05, 0) is 40.7 Å². The Balaban J connectivity index is 2.08. The summed E-state index contributed by atoms with van der Waals surface area (Å²) in [5.74, 6) is 0. The van der Waals surface area contributed by atoms with Gasteiger partial charge < -0.3 is 9.31 Å². The normalized spacial score (nSPS) is 20.4. The maximum atomic E-state index is 13.1. The van der Waals surface area contributed by atoms with Gasteiger partial charge in [0.1, 0.15) is 5.52 Å². The van der Waals surface area contributed by atoms with Gasteiger partial charge in [0, 0.05) is 11.7 Å². The second kappa shape index (κ2) is 4.70.